The Morgan fingerprint density at radius 1 is 1.54 bits per heavy atom. The van der Waals surface area contributed by atoms with Gasteiger partial charge in [-0.2, -0.15) is 0 Å². The zero-order valence-corrected chi connectivity index (χ0v) is 7.83. The number of benzene rings is 1. The van der Waals surface area contributed by atoms with Gasteiger partial charge in [0.05, 0.1) is 0 Å². The van der Waals surface area contributed by atoms with E-state index in [9.17, 15) is 5.11 Å². The van der Waals surface area contributed by atoms with Gasteiger partial charge in [-0.05, 0) is 48.9 Å². The Labute approximate surface area is 78.4 Å². The number of hydrogen-bond donors (Lipinski definition) is 2. The largest absolute Gasteiger partial charge is 0.508 e. The van der Waals surface area contributed by atoms with Gasteiger partial charge in [0, 0.05) is 6.04 Å². The molecule has 1 aromatic rings. The SMILES string of the molecule is CC(N)C1CCc2ccc(O)cc21. The Balaban J connectivity index is 2.40. The van der Waals surface area contributed by atoms with Crippen LogP contribution in [0.25, 0.3) is 0 Å². The fourth-order valence-corrected chi connectivity index (χ4v) is 2.17. The molecule has 0 aliphatic heterocycles. The second-order valence-corrected chi connectivity index (χ2v) is 3.89. The van der Waals surface area contributed by atoms with E-state index in [0.717, 1.165) is 12.8 Å². The first kappa shape index (κ1) is 8.57. The summed E-state index contributed by atoms with van der Waals surface area (Å²) in [4.78, 5) is 0. The van der Waals surface area contributed by atoms with Crippen LogP contribution >= 0.6 is 0 Å². The van der Waals surface area contributed by atoms with Crippen molar-refractivity contribution in [2.24, 2.45) is 5.73 Å². The molecule has 0 aromatic heterocycles. The predicted octanol–water partition coefficient (Wildman–Crippen LogP) is 1.77. The van der Waals surface area contributed by atoms with Crippen molar-refractivity contribution in [1.29, 1.82) is 0 Å². The lowest BCUT2D eigenvalue weighted by atomic mass is 9.95. The standard InChI is InChI=1S/C11H15NO/c1-7(12)10-5-3-8-2-4-9(13)6-11(8)10/h2,4,6-7,10,13H,3,5,12H2,1H3. The van der Waals surface area contributed by atoms with Gasteiger partial charge < -0.3 is 10.8 Å². The quantitative estimate of drug-likeness (QED) is 0.686. The molecule has 1 aromatic carbocycles. The van der Waals surface area contributed by atoms with Gasteiger partial charge in [-0.15, -0.1) is 0 Å². The van der Waals surface area contributed by atoms with Gasteiger partial charge >= 0.3 is 0 Å². The fourth-order valence-electron chi connectivity index (χ4n) is 2.17. The van der Waals surface area contributed by atoms with E-state index in [2.05, 4.69) is 0 Å². The van der Waals surface area contributed by atoms with E-state index in [1.807, 2.05) is 19.1 Å². The third-order valence-electron chi connectivity index (χ3n) is 2.89. The number of rotatable bonds is 1. The Kier molecular flexibility index (Phi) is 2.00. The molecule has 0 spiro atoms. The second kappa shape index (κ2) is 3.04. The summed E-state index contributed by atoms with van der Waals surface area (Å²) in [5, 5.41) is 9.36. The molecule has 0 heterocycles. The average Bonchev–Trinajstić information content (AvgIpc) is 2.46. The van der Waals surface area contributed by atoms with E-state index in [1.54, 1.807) is 6.07 Å². The molecule has 0 radical (unpaired) electrons. The highest BCUT2D eigenvalue weighted by Crippen LogP contribution is 2.36. The maximum absolute atomic E-state index is 9.36. The van der Waals surface area contributed by atoms with Crippen molar-refractivity contribution in [3.63, 3.8) is 0 Å². The average molecular weight is 177 g/mol. The molecule has 0 saturated carbocycles. The maximum atomic E-state index is 9.36. The van der Waals surface area contributed by atoms with Gasteiger partial charge in [0.1, 0.15) is 5.75 Å². The van der Waals surface area contributed by atoms with Crippen LogP contribution in [0, 0.1) is 0 Å². The Bertz CT molecular complexity index is 320. The lowest BCUT2D eigenvalue weighted by Gasteiger charge is -2.15. The van der Waals surface area contributed by atoms with Crippen molar-refractivity contribution in [3.05, 3.63) is 29.3 Å². The summed E-state index contributed by atoms with van der Waals surface area (Å²) in [6.07, 6.45) is 2.22. The molecule has 2 heteroatoms. The number of phenolic OH excluding ortho intramolecular Hbond substituents is 1. The lowest BCUT2D eigenvalue weighted by molar-refractivity contribution is 0.473. The number of hydrogen-bond acceptors (Lipinski definition) is 2. The van der Waals surface area contributed by atoms with Crippen molar-refractivity contribution in [3.8, 4) is 5.75 Å². The van der Waals surface area contributed by atoms with Crippen molar-refractivity contribution in [2.75, 3.05) is 0 Å². The molecule has 0 saturated heterocycles. The second-order valence-electron chi connectivity index (χ2n) is 3.89. The summed E-state index contributed by atoms with van der Waals surface area (Å²) < 4.78 is 0. The summed E-state index contributed by atoms with van der Waals surface area (Å²) in [6, 6.07) is 5.80. The maximum Gasteiger partial charge on any atom is 0.115 e. The highest BCUT2D eigenvalue weighted by atomic mass is 16.3. The molecule has 1 aliphatic carbocycles. The normalized spacial score (nSPS) is 22.8. The molecule has 1 aliphatic rings. The molecule has 0 bridgehead atoms. The molecule has 0 amide bonds. The molecule has 2 unspecified atom stereocenters. The van der Waals surface area contributed by atoms with E-state index >= 15 is 0 Å². The van der Waals surface area contributed by atoms with E-state index < -0.39 is 0 Å². The van der Waals surface area contributed by atoms with Crippen LogP contribution in [0.15, 0.2) is 18.2 Å². The minimum atomic E-state index is 0.183. The third kappa shape index (κ3) is 1.42. The summed E-state index contributed by atoms with van der Waals surface area (Å²) in [6.45, 7) is 2.03. The molecule has 0 fully saturated rings. The molecule has 3 N–H and O–H groups in total. The van der Waals surface area contributed by atoms with Gasteiger partial charge in [-0.1, -0.05) is 6.07 Å². The molecular formula is C11H15NO. The topological polar surface area (TPSA) is 46.2 Å². The molecule has 13 heavy (non-hydrogen) atoms. The van der Waals surface area contributed by atoms with Crippen LogP contribution in [0.5, 0.6) is 5.75 Å². The highest BCUT2D eigenvalue weighted by Gasteiger charge is 2.25. The Morgan fingerprint density at radius 3 is 3.00 bits per heavy atom. The molecule has 2 atom stereocenters. The van der Waals surface area contributed by atoms with Crippen LogP contribution in [0.1, 0.15) is 30.4 Å². The van der Waals surface area contributed by atoms with Crippen molar-refractivity contribution < 1.29 is 5.11 Å². The first-order valence-electron chi connectivity index (χ1n) is 4.76. The highest BCUT2D eigenvalue weighted by molar-refractivity contribution is 5.41. The van der Waals surface area contributed by atoms with Crippen molar-refractivity contribution in [2.45, 2.75) is 31.7 Å². The van der Waals surface area contributed by atoms with Crippen molar-refractivity contribution in [1.82, 2.24) is 0 Å². The van der Waals surface area contributed by atoms with Crippen LogP contribution in [-0.2, 0) is 6.42 Å². The number of aryl methyl sites for hydroxylation is 1. The van der Waals surface area contributed by atoms with Crippen LogP contribution in [0.2, 0.25) is 0 Å². The van der Waals surface area contributed by atoms with Crippen LogP contribution in [0.4, 0.5) is 0 Å². The van der Waals surface area contributed by atoms with Crippen LogP contribution in [0.3, 0.4) is 0 Å². The molecule has 70 valence electrons. The summed E-state index contributed by atoms with van der Waals surface area (Å²) in [7, 11) is 0. The smallest absolute Gasteiger partial charge is 0.115 e. The lowest BCUT2D eigenvalue weighted by Crippen LogP contribution is -2.22. The van der Waals surface area contributed by atoms with E-state index in [4.69, 9.17) is 5.73 Å². The van der Waals surface area contributed by atoms with Crippen LogP contribution < -0.4 is 5.73 Å². The fraction of sp³-hybridized carbons (Fsp3) is 0.455. The Hall–Kier alpha value is -1.02. The molecular weight excluding hydrogens is 162 g/mol. The Morgan fingerprint density at radius 2 is 2.31 bits per heavy atom. The number of phenols is 1. The van der Waals surface area contributed by atoms with Crippen LogP contribution in [-0.4, -0.2) is 11.1 Å². The summed E-state index contributed by atoms with van der Waals surface area (Å²) >= 11 is 0. The number of aromatic hydroxyl groups is 1. The monoisotopic (exact) mass is 177 g/mol. The number of fused-ring (bicyclic) bond motifs is 1. The van der Waals surface area contributed by atoms with Gasteiger partial charge in [-0.25, -0.2) is 0 Å². The van der Waals surface area contributed by atoms with Gasteiger partial charge in [0.2, 0.25) is 0 Å². The summed E-state index contributed by atoms with van der Waals surface area (Å²) in [5.74, 6) is 0.786. The van der Waals surface area contributed by atoms with Crippen molar-refractivity contribution >= 4 is 0 Å². The van der Waals surface area contributed by atoms with Gasteiger partial charge in [0.25, 0.3) is 0 Å². The third-order valence-corrected chi connectivity index (χ3v) is 2.89. The van der Waals surface area contributed by atoms with E-state index in [1.165, 1.54) is 11.1 Å². The zero-order valence-electron chi connectivity index (χ0n) is 7.83. The minimum Gasteiger partial charge on any atom is -0.508 e. The first-order chi connectivity index (χ1) is 6.18. The predicted molar refractivity (Wildman–Crippen MR) is 52.8 cm³/mol. The van der Waals surface area contributed by atoms with E-state index in [-0.39, 0.29) is 6.04 Å². The zero-order chi connectivity index (χ0) is 9.42. The summed E-state index contributed by atoms with van der Waals surface area (Å²) in [5.41, 5.74) is 8.47. The van der Waals surface area contributed by atoms with E-state index in [0.29, 0.717) is 11.7 Å². The molecule has 2 rings (SSSR count). The minimum absolute atomic E-state index is 0.183. The first-order valence-corrected chi connectivity index (χ1v) is 4.76. The number of nitrogens with two attached hydrogens (primary N) is 1. The van der Waals surface area contributed by atoms with Gasteiger partial charge in [0.15, 0.2) is 0 Å². The molecule has 2 nitrogen and oxygen atoms in total. The van der Waals surface area contributed by atoms with Gasteiger partial charge in [-0.3, -0.25) is 0 Å².